The molecule has 0 saturated heterocycles. The summed E-state index contributed by atoms with van der Waals surface area (Å²) in [5.74, 6) is 0.191. The van der Waals surface area contributed by atoms with Crippen molar-refractivity contribution >= 4 is 5.97 Å². The molecule has 1 aliphatic rings. The average molecular weight is 283 g/mol. The van der Waals surface area contributed by atoms with Crippen molar-refractivity contribution < 1.29 is 14.6 Å². The van der Waals surface area contributed by atoms with E-state index < -0.39 is 5.97 Å². The largest absolute Gasteiger partial charge is 0.497 e. The summed E-state index contributed by atoms with van der Waals surface area (Å²) in [6, 6.07) is 9.32. The second-order valence-corrected chi connectivity index (χ2v) is 5.36. The van der Waals surface area contributed by atoms with Gasteiger partial charge in [0.2, 0.25) is 0 Å². The molecule has 0 amide bonds. The molecule has 0 atom stereocenters. The van der Waals surface area contributed by atoms with Crippen molar-refractivity contribution in [1.82, 2.24) is 4.98 Å². The monoisotopic (exact) mass is 283 g/mol. The van der Waals surface area contributed by atoms with Crippen molar-refractivity contribution in [3.63, 3.8) is 0 Å². The Labute approximate surface area is 123 Å². The molecule has 0 radical (unpaired) electrons. The smallest absolute Gasteiger partial charge is 0.337 e. The van der Waals surface area contributed by atoms with Gasteiger partial charge in [-0.05, 0) is 43.5 Å². The molecule has 0 spiro atoms. The molecule has 0 bridgehead atoms. The molecule has 1 fully saturated rings. The Morgan fingerprint density at radius 1 is 1.29 bits per heavy atom. The molecule has 1 aliphatic carbocycles. The zero-order chi connectivity index (χ0) is 15.0. The van der Waals surface area contributed by atoms with Gasteiger partial charge >= 0.3 is 5.97 Å². The topological polar surface area (TPSA) is 59.4 Å². The van der Waals surface area contributed by atoms with Crippen LogP contribution in [-0.2, 0) is 0 Å². The van der Waals surface area contributed by atoms with Gasteiger partial charge in [0.15, 0.2) is 0 Å². The summed E-state index contributed by atoms with van der Waals surface area (Å²) in [4.78, 5) is 16.1. The fourth-order valence-corrected chi connectivity index (χ4v) is 2.53. The Morgan fingerprint density at radius 3 is 2.48 bits per heavy atom. The molecule has 1 heterocycles. The molecule has 3 rings (SSSR count). The fourth-order valence-electron chi connectivity index (χ4n) is 2.53. The molecule has 1 saturated carbocycles. The van der Waals surface area contributed by atoms with Crippen LogP contribution in [0, 0.1) is 6.92 Å². The minimum absolute atomic E-state index is 0.319. The number of hydrogen-bond donors (Lipinski definition) is 1. The number of ether oxygens (including phenoxy) is 1. The van der Waals surface area contributed by atoms with Crippen LogP contribution in [0.1, 0.15) is 40.5 Å². The summed E-state index contributed by atoms with van der Waals surface area (Å²) in [6.07, 6.45) is 2.07. The van der Waals surface area contributed by atoms with Crippen LogP contribution in [-0.4, -0.2) is 23.2 Å². The predicted molar refractivity (Wildman–Crippen MR) is 79.9 cm³/mol. The number of benzene rings is 1. The van der Waals surface area contributed by atoms with Crippen LogP contribution in [0.25, 0.3) is 11.1 Å². The zero-order valence-electron chi connectivity index (χ0n) is 12.1. The third kappa shape index (κ3) is 2.61. The lowest BCUT2D eigenvalue weighted by molar-refractivity contribution is 0.0695. The van der Waals surface area contributed by atoms with E-state index in [-0.39, 0.29) is 0 Å². The third-order valence-corrected chi connectivity index (χ3v) is 3.84. The molecule has 2 aromatic rings. The van der Waals surface area contributed by atoms with Crippen LogP contribution in [0.2, 0.25) is 0 Å². The van der Waals surface area contributed by atoms with E-state index in [1.807, 2.05) is 31.2 Å². The molecular weight excluding hydrogens is 266 g/mol. The zero-order valence-corrected chi connectivity index (χ0v) is 12.1. The van der Waals surface area contributed by atoms with Gasteiger partial charge in [0.25, 0.3) is 0 Å². The summed E-state index contributed by atoms with van der Waals surface area (Å²) in [5.41, 5.74) is 3.74. The van der Waals surface area contributed by atoms with Crippen molar-refractivity contribution in [1.29, 1.82) is 0 Å². The summed E-state index contributed by atoms with van der Waals surface area (Å²) >= 11 is 0. The molecule has 0 aliphatic heterocycles. The standard InChI is InChI=1S/C17H17NO3/c1-10-14(11-5-7-13(21-2)8-6-11)9-15(17(19)20)16(18-10)12-3-4-12/h5-9,12H,3-4H2,1-2H3,(H,19,20). The number of pyridine rings is 1. The van der Waals surface area contributed by atoms with E-state index in [4.69, 9.17) is 4.74 Å². The van der Waals surface area contributed by atoms with Gasteiger partial charge in [-0.3, -0.25) is 4.98 Å². The van der Waals surface area contributed by atoms with Gasteiger partial charge in [-0.15, -0.1) is 0 Å². The van der Waals surface area contributed by atoms with Crippen LogP contribution in [0.3, 0.4) is 0 Å². The summed E-state index contributed by atoms with van der Waals surface area (Å²) in [7, 11) is 1.62. The van der Waals surface area contributed by atoms with E-state index in [9.17, 15) is 9.90 Å². The van der Waals surface area contributed by atoms with Crippen molar-refractivity contribution in [3.8, 4) is 16.9 Å². The molecule has 4 heteroatoms. The maximum Gasteiger partial charge on any atom is 0.337 e. The normalized spacial score (nSPS) is 14.0. The first kappa shape index (κ1) is 13.6. The molecular formula is C17H17NO3. The fraction of sp³-hybridized carbons (Fsp3) is 0.294. The molecule has 4 nitrogen and oxygen atoms in total. The highest BCUT2D eigenvalue weighted by molar-refractivity contribution is 5.91. The van der Waals surface area contributed by atoms with Crippen molar-refractivity contribution in [2.45, 2.75) is 25.7 Å². The van der Waals surface area contributed by atoms with Gasteiger partial charge in [0.05, 0.1) is 18.4 Å². The number of aromatic nitrogens is 1. The highest BCUT2D eigenvalue weighted by Gasteiger charge is 2.30. The quantitative estimate of drug-likeness (QED) is 0.930. The van der Waals surface area contributed by atoms with Crippen molar-refractivity contribution in [2.24, 2.45) is 0 Å². The number of hydrogen-bond acceptors (Lipinski definition) is 3. The van der Waals surface area contributed by atoms with E-state index in [0.29, 0.717) is 11.5 Å². The van der Waals surface area contributed by atoms with Gasteiger partial charge in [-0.1, -0.05) is 12.1 Å². The van der Waals surface area contributed by atoms with E-state index in [2.05, 4.69) is 4.98 Å². The maximum absolute atomic E-state index is 11.5. The second kappa shape index (κ2) is 5.20. The van der Waals surface area contributed by atoms with Crippen molar-refractivity contribution in [2.75, 3.05) is 7.11 Å². The van der Waals surface area contributed by atoms with Gasteiger partial charge in [0.1, 0.15) is 5.75 Å². The Hall–Kier alpha value is -2.36. The van der Waals surface area contributed by atoms with Crippen LogP contribution < -0.4 is 4.74 Å². The summed E-state index contributed by atoms with van der Waals surface area (Å²) < 4.78 is 5.15. The number of methoxy groups -OCH3 is 1. The van der Waals surface area contributed by atoms with Gasteiger partial charge in [-0.25, -0.2) is 4.79 Å². The minimum atomic E-state index is -0.904. The molecule has 108 valence electrons. The second-order valence-electron chi connectivity index (χ2n) is 5.36. The van der Waals surface area contributed by atoms with E-state index >= 15 is 0 Å². The summed E-state index contributed by atoms with van der Waals surface area (Å²) in [6.45, 7) is 1.93. The average Bonchev–Trinajstić information content (AvgIpc) is 3.31. The highest BCUT2D eigenvalue weighted by Crippen LogP contribution is 2.42. The van der Waals surface area contributed by atoms with Crippen molar-refractivity contribution in [3.05, 3.63) is 47.3 Å². The Bertz CT molecular complexity index is 688. The highest BCUT2D eigenvalue weighted by atomic mass is 16.5. The Morgan fingerprint density at radius 2 is 1.95 bits per heavy atom. The van der Waals surface area contributed by atoms with Crippen LogP contribution in [0.5, 0.6) is 5.75 Å². The molecule has 21 heavy (non-hydrogen) atoms. The Balaban J connectivity index is 2.08. The van der Waals surface area contributed by atoms with Gasteiger partial charge in [0, 0.05) is 17.2 Å². The minimum Gasteiger partial charge on any atom is -0.497 e. The number of aryl methyl sites for hydroxylation is 1. The van der Waals surface area contributed by atoms with Gasteiger partial charge < -0.3 is 9.84 Å². The first-order valence-corrected chi connectivity index (χ1v) is 6.99. The molecule has 1 aromatic heterocycles. The lowest BCUT2D eigenvalue weighted by Crippen LogP contribution is -2.06. The maximum atomic E-state index is 11.5. The van der Waals surface area contributed by atoms with Crippen LogP contribution >= 0.6 is 0 Å². The number of rotatable bonds is 4. The van der Waals surface area contributed by atoms with Gasteiger partial charge in [-0.2, -0.15) is 0 Å². The number of carboxylic acid groups (broad SMARTS) is 1. The predicted octanol–water partition coefficient (Wildman–Crippen LogP) is 3.64. The first-order chi connectivity index (χ1) is 10.1. The number of carboxylic acids is 1. The van der Waals surface area contributed by atoms with E-state index in [0.717, 1.165) is 41.1 Å². The SMILES string of the molecule is COc1ccc(-c2cc(C(=O)O)c(C3CC3)nc2C)cc1. The molecule has 1 N–H and O–H groups in total. The Kier molecular flexibility index (Phi) is 3.37. The molecule has 1 aromatic carbocycles. The first-order valence-electron chi connectivity index (χ1n) is 6.99. The summed E-state index contributed by atoms with van der Waals surface area (Å²) in [5, 5.41) is 9.43. The number of carbonyl (C=O) groups is 1. The third-order valence-electron chi connectivity index (χ3n) is 3.84. The van der Waals surface area contributed by atoms with Crippen LogP contribution in [0.15, 0.2) is 30.3 Å². The van der Waals surface area contributed by atoms with Crippen LogP contribution in [0.4, 0.5) is 0 Å². The number of aromatic carboxylic acids is 1. The lowest BCUT2D eigenvalue weighted by Gasteiger charge is -2.11. The number of nitrogens with zero attached hydrogens (tertiary/aromatic N) is 1. The molecule has 0 unspecified atom stereocenters. The lowest BCUT2D eigenvalue weighted by atomic mass is 9.99. The van der Waals surface area contributed by atoms with E-state index in [1.165, 1.54) is 0 Å². The van der Waals surface area contributed by atoms with E-state index in [1.54, 1.807) is 13.2 Å².